The van der Waals surface area contributed by atoms with Gasteiger partial charge in [-0.05, 0) is 12.8 Å². The fraction of sp³-hybridized carbons (Fsp3) is 1.00. The molecule has 0 aliphatic heterocycles. The molecule has 0 radical (unpaired) electrons. The zero-order valence-corrected chi connectivity index (χ0v) is 10.9. The minimum absolute atomic E-state index is 0.0660. The normalized spacial score (nSPS) is 12.9. The third kappa shape index (κ3) is 16.0. The molecular formula is C9H16ClF3O3S. The van der Waals surface area contributed by atoms with E-state index in [-0.39, 0.29) is 19.0 Å². The molecule has 0 unspecified atom stereocenters. The van der Waals surface area contributed by atoms with Crippen molar-refractivity contribution in [2.45, 2.75) is 38.3 Å². The first kappa shape index (κ1) is 17.0. The lowest BCUT2D eigenvalue weighted by Gasteiger charge is -2.06. The quantitative estimate of drug-likeness (QED) is 0.485. The first-order chi connectivity index (χ1) is 7.71. The van der Waals surface area contributed by atoms with Crippen molar-refractivity contribution < 1.29 is 26.3 Å². The van der Waals surface area contributed by atoms with E-state index in [0.717, 1.165) is 6.42 Å². The van der Waals surface area contributed by atoms with Crippen LogP contribution in [-0.4, -0.2) is 33.6 Å². The van der Waals surface area contributed by atoms with E-state index in [9.17, 15) is 21.6 Å². The standard InChI is InChI=1S/C9H16ClF3O3S/c10-17(14,15)8-4-2-1-3-6-16-7-5-9(11,12)13/h1-8H2. The van der Waals surface area contributed by atoms with Crippen LogP contribution in [0.15, 0.2) is 0 Å². The first-order valence-electron chi connectivity index (χ1n) is 5.27. The number of hydrogen-bond acceptors (Lipinski definition) is 3. The summed E-state index contributed by atoms with van der Waals surface area (Å²) in [5.74, 6) is -0.0660. The van der Waals surface area contributed by atoms with Crippen LogP contribution in [0.2, 0.25) is 0 Å². The Morgan fingerprint density at radius 3 is 2.12 bits per heavy atom. The van der Waals surface area contributed by atoms with E-state index in [2.05, 4.69) is 0 Å². The van der Waals surface area contributed by atoms with Gasteiger partial charge in [0.1, 0.15) is 0 Å². The Morgan fingerprint density at radius 2 is 1.59 bits per heavy atom. The van der Waals surface area contributed by atoms with Gasteiger partial charge in [0, 0.05) is 17.3 Å². The van der Waals surface area contributed by atoms with Crippen molar-refractivity contribution in [1.29, 1.82) is 0 Å². The Morgan fingerprint density at radius 1 is 1.00 bits per heavy atom. The summed E-state index contributed by atoms with van der Waals surface area (Å²) >= 11 is 0. The van der Waals surface area contributed by atoms with E-state index in [1.165, 1.54) is 0 Å². The molecule has 0 saturated heterocycles. The van der Waals surface area contributed by atoms with Gasteiger partial charge < -0.3 is 4.74 Å². The minimum Gasteiger partial charge on any atom is -0.381 e. The molecule has 0 amide bonds. The summed E-state index contributed by atoms with van der Waals surface area (Å²) in [5.41, 5.74) is 0. The molecule has 3 nitrogen and oxygen atoms in total. The summed E-state index contributed by atoms with van der Waals surface area (Å²) in [6, 6.07) is 0. The van der Waals surface area contributed by atoms with Crippen LogP contribution in [-0.2, 0) is 13.8 Å². The molecule has 0 heterocycles. The van der Waals surface area contributed by atoms with Gasteiger partial charge in [-0.15, -0.1) is 0 Å². The summed E-state index contributed by atoms with van der Waals surface area (Å²) < 4.78 is 60.9. The maximum Gasteiger partial charge on any atom is 0.391 e. The van der Waals surface area contributed by atoms with Crippen molar-refractivity contribution in [3.8, 4) is 0 Å². The predicted octanol–water partition coefficient (Wildman–Crippen LogP) is 3.08. The van der Waals surface area contributed by atoms with Gasteiger partial charge >= 0.3 is 6.18 Å². The molecular weight excluding hydrogens is 281 g/mol. The second-order valence-electron chi connectivity index (χ2n) is 3.63. The number of hydrogen-bond donors (Lipinski definition) is 0. The van der Waals surface area contributed by atoms with Crippen molar-refractivity contribution in [3.63, 3.8) is 0 Å². The van der Waals surface area contributed by atoms with Gasteiger partial charge in [0.2, 0.25) is 9.05 Å². The molecule has 0 N–H and O–H groups in total. The average molecular weight is 297 g/mol. The first-order valence-corrected chi connectivity index (χ1v) is 7.75. The third-order valence-corrected chi connectivity index (χ3v) is 3.20. The highest BCUT2D eigenvalue weighted by Gasteiger charge is 2.26. The van der Waals surface area contributed by atoms with Crippen LogP contribution in [0.5, 0.6) is 0 Å². The molecule has 0 rings (SSSR count). The van der Waals surface area contributed by atoms with Gasteiger partial charge in [-0.2, -0.15) is 13.2 Å². The van der Waals surface area contributed by atoms with Crippen LogP contribution >= 0.6 is 10.7 Å². The molecule has 0 aliphatic carbocycles. The number of rotatable bonds is 9. The second-order valence-corrected chi connectivity index (χ2v) is 6.53. The topological polar surface area (TPSA) is 43.4 Å². The van der Waals surface area contributed by atoms with Gasteiger partial charge in [0.15, 0.2) is 0 Å². The van der Waals surface area contributed by atoms with Crippen molar-refractivity contribution in [3.05, 3.63) is 0 Å². The van der Waals surface area contributed by atoms with Gasteiger partial charge in [-0.25, -0.2) is 8.42 Å². The predicted molar refractivity (Wildman–Crippen MR) is 59.6 cm³/mol. The molecule has 0 aromatic heterocycles. The minimum atomic E-state index is -4.17. The van der Waals surface area contributed by atoms with Gasteiger partial charge in [0.05, 0.1) is 18.8 Å². The van der Waals surface area contributed by atoms with Crippen molar-refractivity contribution >= 4 is 19.7 Å². The van der Waals surface area contributed by atoms with E-state index < -0.39 is 21.6 Å². The fourth-order valence-corrected chi connectivity index (χ4v) is 2.00. The highest BCUT2D eigenvalue weighted by atomic mass is 35.7. The lowest BCUT2D eigenvalue weighted by molar-refractivity contribution is -0.145. The Hall–Kier alpha value is -0.0100. The summed E-state index contributed by atoms with van der Waals surface area (Å²) in [7, 11) is 1.57. The zero-order valence-electron chi connectivity index (χ0n) is 9.30. The van der Waals surface area contributed by atoms with E-state index in [0.29, 0.717) is 19.3 Å². The SMILES string of the molecule is O=S(=O)(Cl)CCCCCCOCCC(F)(F)F. The van der Waals surface area contributed by atoms with E-state index in [1.54, 1.807) is 0 Å². The van der Waals surface area contributed by atoms with Gasteiger partial charge in [0.25, 0.3) is 0 Å². The number of halogens is 4. The maximum atomic E-state index is 11.7. The molecule has 0 aromatic rings. The zero-order chi connectivity index (χ0) is 13.4. The Kier molecular flexibility index (Phi) is 8.15. The Bertz CT molecular complexity index is 290. The molecule has 0 aromatic carbocycles. The average Bonchev–Trinajstić information content (AvgIpc) is 2.11. The van der Waals surface area contributed by atoms with Crippen LogP contribution in [0.3, 0.4) is 0 Å². The van der Waals surface area contributed by atoms with E-state index in [1.807, 2.05) is 0 Å². The summed E-state index contributed by atoms with van der Waals surface area (Å²) in [6.07, 6.45) is -2.62. The van der Waals surface area contributed by atoms with E-state index >= 15 is 0 Å². The molecule has 0 bridgehead atoms. The molecule has 104 valence electrons. The molecule has 0 fully saturated rings. The molecule has 0 aliphatic rings. The second kappa shape index (κ2) is 8.16. The van der Waals surface area contributed by atoms with Crippen LogP contribution in [0.1, 0.15) is 32.1 Å². The lowest BCUT2D eigenvalue weighted by Crippen LogP contribution is -2.11. The molecule has 17 heavy (non-hydrogen) atoms. The number of unbranched alkanes of at least 4 members (excludes halogenated alkanes) is 3. The van der Waals surface area contributed by atoms with E-state index in [4.69, 9.17) is 15.4 Å². The highest BCUT2D eigenvalue weighted by molar-refractivity contribution is 8.13. The monoisotopic (exact) mass is 296 g/mol. The summed E-state index contributed by atoms with van der Waals surface area (Å²) in [4.78, 5) is 0. The van der Waals surface area contributed by atoms with Crippen LogP contribution in [0, 0.1) is 0 Å². The smallest absolute Gasteiger partial charge is 0.381 e. The summed E-state index contributed by atoms with van der Waals surface area (Å²) in [5, 5.41) is 0. The third-order valence-electron chi connectivity index (χ3n) is 1.96. The van der Waals surface area contributed by atoms with Crippen molar-refractivity contribution in [1.82, 2.24) is 0 Å². The molecule has 0 spiro atoms. The number of ether oxygens (including phenoxy) is 1. The highest BCUT2D eigenvalue weighted by Crippen LogP contribution is 2.19. The maximum absolute atomic E-state index is 11.7. The van der Waals surface area contributed by atoms with Crippen LogP contribution < -0.4 is 0 Å². The summed E-state index contributed by atoms with van der Waals surface area (Å²) in [6.45, 7) is -0.0523. The molecule has 8 heteroatoms. The van der Waals surface area contributed by atoms with Crippen LogP contribution in [0.4, 0.5) is 13.2 Å². The van der Waals surface area contributed by atoms with Gasteiger partial charge in [-0.1, -0.05) is 12.8 Å². The molecule has 0 atom stereocenters. The number of alkyl halides is 3. The Labute approximate surface area is 104 Å². The van der Waals surface area contributed by atoms with Crippen molar-refractivity contribution in [2.24, 2.45) is 0 Å². The van der Waals surface area contributed by atoms with Gasteiger partial charge in [-0.3, -0.25) is 0 Å². The molecule has 0 saturated carbocycles. The Balaban J connectivity index is 3.20. The lowest BCUT2D eigenvalue weighted by atomic mass is 10.2. The van der Waals surface area contributed by atoms with Crippen LogP contribution in [0.25, 0.3) is 0 Å². The fourth-order valence-electron chi connectivity index (χ4n) is 1.12. The largest absolute Gasteiger partial charge is 0.391 e. The van der Waals surface area contributed by atoms with Crippen molar-refractivity contribution in [2.75, 3.05) is 19.0 Å².